The van der Waals surface area contributed by atoms with E-state index >= 15 is 0 Å². The number of carbonyl (C=O) groups is 8. The summed E-state index contributed by atoms with van der Waals surface area (Å²) in [7, 11) is 0. The van der Waals surface area contributed by atoms with Crippen molar-refractivity contribution in [2.24, 2.45) is 11.5 Å². The Morgan fingerprint density at radius 2 is 1.25 bits per heavy atom. The van der Waals surface area contributed by atoms with Gasteiger partial charge in [-0.3, -0.25) is 33.6 Å². The summed E-state index contributed by atoms with van der Waals surface area (Å²) in [5.74, 6) is -8.26. The van der Waals surface area contributed by atoms with Crippen LogP contribution in [-0.2, 0) is 51.2 Å². The van der Waals surface area contributed by atoms with Gasteiger partial charge in [0.1, 0.15) is 36.0 Å². The quantitative estimate of drug-likeness (QED) is 0.0484. The largest absolute Gasteiger partial charge is 0.508 e. The van der Waals surface area contributed by atoms with Gasteiger partial charge in [-0.05, 0) is 29.3 Å². The van der Waals surface area contributed by atoms with E-state index in [4.69, 9.17) is 16.6 Å². The number of fused-ring (bicyclic) bond motifs is 1. The molecule has 296 valence electrons. The van der Waals surface area contributed by atoms with Gasteiger partial charge in [-0.1, -0.05) is 30.3 Å². The van der Waals surface area contributed by atoms with Crippen molar-refractivity contribution in [2.75, 3.05) is 26.3 Å². The molecule has 0 unspecified atom stereocenters. The van der Waals surface area contributed by atoms with Crippen LogP contribution in [0.15, 0.2) is 54.7 Å². The molecule has 55 heavy (non-hydrogen) atoms. The number of aromatic amines is 1. The molecule has 0 aliphatic carbocycles. The maximum atomic E-state index is 13.2. The van der Waals surface area contributed by atoms with Crippen LogP contribution in [0.5, 0.6) is 5.75 Å². The molecule has 0 spiro atoms. The number of amides is 7. The van der Waals surface area contributed by atoms with Crippen LogP contribution in [0.1, 0.15) is 17.5 Å². The lowest BCUT2D eigenvalue weighted by Gasteiger charge is -2.23. The van der Waals surface area contributed by atoms with Gasteiger partial charge in [0.05, 0.1) is 32.7 Å². The summed E-state index contributed by atoms with van der Waals surface area (Å²) in [5, 5.41) is 52.4. The number of aromatic nitrogens is 1. The van der Waals surface area contributed by atoms with Gasteiger partial charge in [-0.15, -0.1) is 0 Å². The van der Waals surface area contributed by atoms with Crippen molar-refractivity contribution < 1.29 is 58.8 Å². The van der Waals surface area contributed by atoms with Gasteiger partial charge >= 0.3 is 5.97 Å². The number of aliphatic hydroxyl groups is 2. The van der Waals surface area contributed by atoms with Crippen LogP contribution < -0.4 is 43.4 Å². The average Bonchev–Trinajstić information content (AvgIpc) is 3.56. The molecule has 0 radical (unpaired) electrons. The van der Waals surface area contributed by atoms with Crippen molar-refractivity contribution in [1.82, 2.24) is 36.9 Å². The first-order chi connectivity index (χ1) is 26.1. The van der Waals surface area contributed by atoms with Gasteiger partial charge in [0.2, 0.25) is 41.4 Å². The first-order valence-electron chi connectivity index (χ1n) is 16.7. The number of nitrogens with one attached hydrogen (secondary N) is 7. The minimum Gasteiger partial charge on any atom is -0.508 e. The molecular formula is C34H43N9O12. The van der Waals surface area contributed by atoms with E-state index in [0.717, 1.165) is 10.9 Å². The minimum absolute atomic E-state index is 0.0661. The zero-order chi connectivity index (χ0) is 40.7. The second-order valence-corrected chi connectivity index (χ2v) is 12.2. The fraction of sp³-hybridized carbons (Fsp3) is 0.353. The lowest BCUT2D eigenvalue weighted by Crippen LogP contribution is -2.58. The number of carboxylic acids is 1. The van der Waals surface area contributed by atoms with Crippen molar-refractivity contribution in [2.45, 2.75) is 49.5 Å². The first kappa shape index (κ1) is 42.8. The Hall–Kier alpha value is -6.58. The Bertz CT molecular complexity index is 1870. The van der Waals surface area contributed by atoms with Gasteiger partial charge < -0.3 is 68.8 Å². The molecule has 3 aromatic rings. The van der Waals surface area contributed by atoms with Crippen molar-refractivity contribution in [1.29, 1.82) is 0 Å². The van der Waals surface area contributed by atoms with Crippen LogP contribution in [0.4, 0.5) is 0 Å². The van der Waals surface area contributed by atoms with E-state index < -0.39 is 110 Å². The Morgan fingerprint density at radius 1 is 0.673 bits per heavy atom. The predicted molar refractivity (Wildman–Crippen MR) is 191 cm³/mol. The number of H-pyrrole nitrogens is 1. The van der Waals surface area contributed by atoms with Crippen molar-refractivity contribution in [3.05, 3.63) is 65.9 Å². The Morgan fingerprint density at radius 3 is 1.84 bits per heavy atom. The van der Waals surface area contributed by atoms with Crippen LogP contribution in [-0.4, -0.2) is 129 Å². The highest BCUT2D eigenvalue weighted by atomic mass is 16.4. The second kappa shape index (κ2) is 20.6. The predicted octanol–water partition coefficient (Wildman–Crippen LogP) is -4.90. The van der Waals surface area contributed by atoms with E-state index in [1.54, 1.807) is 30.5 Å². The van der Waals surface area contributed by atoms with Crippen molar-refractivity contribution in [3.63, 3.8) is 0 Å². The van der Waals surface area contributed by atoms with E-state index in [-0.39, 0.29) is 18.6 Å². The molecule has 1 heterocycles. The lowest BCUT2D eigenvalue weighted by molar-refractivity contribution is -0.141. The molecule has 0 saturated carbocycles. The van der Waals surface area contributed by atoms with Gasteiger partial charge in [-0.2, -0.15) is 0 Å². The molecule has 0 fully saturated rings. The number of phenols is 1. The minimum atomic E-state index is -1.61. The van der Waals surface area contributed by atoms with Crippen LogP contribution >= 0.6 is 0 Å². The standard InChI is InChI=1S/C34H43N9O12/c35-21(15-44)30(50)42-24(11-27(36)47)33(53)43-23(9-17-5-7-19(46)8-6-17)31(51)38-14-29(49)41-26(16-45)32(52)39-13-28(48)40-25(34(54)55)10-18-12-37-22-4-2-1-3-20(18)22/h1-8,12,21,23-26,37,44-46H,9-11,13-16,35H2,(H2,36,47)(H,38,51)(H,39,52)(H,40,48)(H,41,49)(H,42,50)(H,43,53)(H,54,55)/t21-,23-,24-,25-,26-/m0/s1. The molecule has 5 atom stereocenters. The number of benzene rings is 2. The monoisotopic (exact) mass is 769 g/mol. The summed E-state index contributed by atoms with van der Waals surface area (Å²) >= 11 is 0. The average molecular weight is 770 g/mol. The number of primary amides is 1. The van der Waals surface area contributed by atoms with Crippen molar-refractivity contribution in [3.8, 4) is 5.75 Å². The number of phenolic OH excluding ortho intramolecular Hbond substituents is 1. The van der Waals surface area contributed by atoms with E-state index in [1.807, 2.05) is 0 Å². The fourth-order valence-corrected chi connectivity index (χ4v) is 5.11. The molecule has 0 bridgehead atoms. The van der Waals surface area contributed by atoms with Gasteiger partial charge in [-0.25, -0.2) is 4.79 Å². The summed E-state index contributed by atoms with van der Waals surface area (Å²) in [6.45, 7) is -3.20. The molecule has 1 aromatic heterocycles. The smallest absolute Gasteiger partial charge is 0.326 e. The maximum absolute atomic E-state index is 13.2. The molecule has 7 amide bonds. The zero-order valence-corrected chi connectivity index (χ0v) is 29.2. The van der Waals surface area contributed by atoms with Gasteiger partial charge in [0, 0.05) is 29.9 Å². The van der Waals surface area contributed by atoms with Crippen LogP contribution in [0.25, 0.3) is 10.9 Å². The molecule has 0 aliphatic rings. The molecule has 15 N–H and O–H groups in total. The number of aliphatic carboxylic acids is 1. The molecule has 21 nitrogen and oxygen atoms in total. The van der Waals surface area contributed by atoms with Crippen LogP contribution in [0.2, 0.25) is 0 Å². The van der Waals surface area contributed by atoms with Crippen LogP contribution in [0.3, 0.4) is 0 Å². The Labute approximate surface area is 312 Å². The normalized spacial score (nSPS) is 13.6. The third-order valence-electron chi connectivity index (χ3n) is 7.99. The third kappa shape index (κ3) is 13.4. The number of hydrogen-bond donors (Lipinski definition) is 13. The number of carboxylic acid groups (broad SMARTS) is 1. The number of carbonyl (C=O) groups excluding carboxylic acids is 7. The fourth-order valence-electron chi connectivity index (χ4n) is 5.11. The number of nitrogens with two attached hydrogens (primary N) is 2. The molecule has 2 aromatic carbocycles. The van der Waals surface area contributed by atoms with Gasteiger partial charge in [0.15, 0.2) is 0 Å². The summed E-state index contributed by atoms with van der Waals surface area (Å²) < 4.78 is 0. The molecule has 21 heteroatoms. The second-order valence-electron chi connectivity index (χ2n) is 12.2. The topological polar surface area (TPSA) is 357 Å². The Balaban J connectivity index is 1.58. The number of rotatable bonds is 21. The summed E-state index contributed by atoms with van der Waals surface area (Å²) in [6.07, 6.45) is 0.632. The highest BCUT2D eigenvalue weighted by molar-refractivity contribution is 5.97. The van der Waals surface area contributed by atoms with E-state index in [0.29, 0.717) is 11.1 Å². The number of hydrogen-bond acceptors (Lipinski definition) is 12. The SMILES string of the molecule is NC(=O)C[C@H](NC(=O)[C@@H](N)CO)C(=O)N[C@@H](Cc1ccc(O)cc1)C(=O)NCC(=O)N[C@@H](CO)C(=O)NCC(=O)N[C@@H](Cc1c[nH]c2ccccc12)C(=O)O. The molecule has 0 aliphatic heterocycles. The van der Waals surface area contributed by atoms with E-state index in [2.05, 4.69) is 36.9 Å². The number of aliphatic hydroxyl groups excluding tert-OH is 2. The molecule has 0 saturated heterocycles. The first-order valence-corrected chi connectivity index (χ1v) is 16.7. The summed E-state index contributed by atoms with van der Waals surface area (Å²) in [5.41, 5.74) is 12.5. The van der Waals surface area contributed by atoms with Crippen molar-refractivity contribution >= 4 is 58.2 Å². The summed E-state index contributed by atoms with van der Waals surface area (Å²) in [6, 6.07) is 5.22. The number of para-hydroxylation sites is 1. The summed E-state index contributed by atoms with van der Waals surface area (Å²) in [4.78, 5) is 103. The molecular weight excluding hydrogens is 726 g/mol. The lowest BCUT2D eigenvalue weighted by atomic mass is 10.0. The van der Waals surface area contributed by atoms with Gasteiger partial charge in [0.25, 0.3) is 0 Å². The Kier molecular flexibility index (Phi) is 16.0. The van der Waals surface area contributed by atoms with Crippen LogP contribution in [0, 0.1) is 0 Å². The molecule has 3 rings (SSSR count). The maximum Gasteiger partial charge on any atom is 0.326 e. The number of aromatic hydroxyl groups is 1. The highest BCUT2D eigenvalue weighted by Gasteiger charge is 2.30. The zero-order valence-electron chi connectivity index (χ0n) is 29.2. The van der Waals surface area contributed by atoms with E-state index in [1.165, 1.54) is 24.3 Å². The highest BCUT2D eigenvalue weighted by Crippen LogP contribution is 2.19. The van der Waals surface area contributed by atoms with E-state index in [9.17, 15) is 53.7 Å². The third-order valence-corrected chi connectivity index (χ3v) is 7.99.